The maximum Gasteiger partial charge on any atom is 0.573 e. The van der Waals surface area contributed by atoms with Gasteiger partial charge in [-0.05, 0) is 47.5 Å². The summed E-state index contributed by atoms with van der Waals surface area (Å²) in [5, 5.41) is 2.89. The number of rotatable bonds is 9. The van der Waals surface area contributed by atoms with E-state index >= 15 is 0 Å². The summed E-state index contributed by atoms with van der Waals surface area (Å²) in [5.74, 6) is -1.57. The van der Waals surface area contributed by atoms with E-state index in [1.807, 2.05) is 0 Å². The van der Waals surface area contributed by atoms with Gasteiger partial charge in [0.2, 0.25) is 11.9 Å². The van der Waals surface area contributed by atoms with Crippen molar-refractivity contribution in [3.05, 3.63) is 110 Å². The molecule has 15 heteroatoms. The molecule has 0 spiro atoms. The summed E-state index contributed by atoms with van der Waals surface area (Å²) in [6.07, 6.45) is -4.87. The fraction of sp³-hybridized carbons (Fsp3) is 0.185. The van der Waals surface area contributed by atoms with E-state index in [1.165, 1.54) is 53.1 Å². The van der Waals surface area contributed by atoms with E-state index in [0.717, 1.165) is 21.3 Å². The van der Waals surface area contributed by atoms with Crippen LogP contribution in [0.25, 0.3) is 11.0 Å². The molecule has 0 unspecified atom stereocenters. The Hall–Kier alpha value is -5.21. The van der Waals surface area contributed by atoms with E-state index in [2.05, 4.69) is 20.0 Å². The number of hydrogen-bond donors (Lipinski definition) is 2. The second-order valence-corrected chi connectivity index (χ2v) is 9.15. The van der Waals surface area contributed by atoms with Crippen LogP contribution >= 0.6 is 0 Å². The largest absolute Gasteiger partial charge is 0.573 e. The SMILES string of the molecule is Nc1nc2cccc(F)c2n1CCNc1nc(=O)n(Cc2ccc(F)cc2)c(=O)n1Cc1ccc(OC(F)(F)F)cc1. The van der Waals surface area contributed by atoms with Crippen LogP contribution in [-0.2, 0) is 19.6 Å². The molecule has 218 valence electrons. The number of nitrogens with one attached hydrogen (secondary N) is 1. The number of ether oxygens (including phenoxy) is 1. The van der Waals surface area contributed by atoms with Crippen LogP contribution in [0.4, 0.5) is 33.8 Å². The monoisotopic (exact) mass is 587 g/mol. The highest BCUT2D eigenvalue weighted by molar-refractivity contribution is 5.78. The molecular formula is C27H22F5N7O3. The predicted octanol–water partition coefficient (Wildman–Crippen LogP) is 3.72. The van der Waals surface area contributed by atoms with E-state index in [4.69, 9.17) is 5.73 Å². The van der Waals surface area contributed by atoms with Crippen LogP contribution in [0.1, 0.15) is 11.1 Å². The fourth-order valence-corrected chi connectivity index (χ4v) is 4.36. The van der Waals surface area contributed by atoms with Gasteiger partial charge >= 0.3 is 17.7 Å². The van der Waals surface area contributed by atoms with Gasteiger partial charge in [-0.2, -0.15) is 4.98 Å². The minimum atomic E-state index is -4.87. The molecule has 0 bridgehead atoms. The highest BCUT2D eigenvalue weighted by Gasteiger charge is 2.31. The number of benzene rings is 3. The summed E-state index contributed by atoms with van der Waals surface area (Å²) in [4.78, 5) is 34.6. The molecule has 0 saturated carbocycles. The lowest BCUT2D eigenvalue weighted by molar-refractivity contribution is -0.274. The normalized spacial score (nSPS) is 11.6. The fourth-order valence-electron chi connectivity index (χ4n) is 4.36. The molecule has 10 nitrogen and oxygen atoms in total. The Morgan fingerprint density at radius 3 is 2.14 bits per heavy atom. The molecule has 0 aliphatic carbocycles. The number of nitrogens with two attached hydrogens (primary N) is 1. The van der Waals surface area contributed by atoms with Crippen molar-refractivity contribution in [1.29, 1.82) is 0 Å². The summed E-state index contributed by atoms with van der Waals surface area (Å²) in [6.45, 7) is -0.271. The zero-order chi connectivity index (χ0) is 30.0. The Morgan fingerprint density at radius 2 is 1.48 bits per heavy atom. The minimum Gasteiger partial charge on any atom is -0.406 e. The summed E-state index contributed by atoms with van der Waals surface area (Å²) >= 11 is 0. The second-order valence-electron chi connectivity index (χ2n) is 9.15. The number of alkyl halides is 3. The number of hydrogen-bond acceptors (Lipinski definition) is 7. The molecule has 0 fully saturated rings. The Kier molecular flexibility index (Phi) is 7.65. The third kappa shape index (κ3) is 6.24. The maximum absolute atomic E-state index is 14.5. The number of imidazole rings is 1. The van der Waals surface area contributed by atoms with Crippen molar-refractivity contribution in [1.82, 2.24) is 23.7 Å². The third-order valence-electron chi connectivity index (χ3n) is 6.27. The molecule has 2 heterocycles. The van der Waals surface area contributed by atoms with Gasteiger partial charge in [-0.3, -0.25) is 4.57 Å². The smallest absolute Gasteiger partial charge is 0.406 e. The Morgan fingerprint density at radius 1 is 0.833 bits per heavy atom. The summed E-state index contributed by atoms with van der Waals surface area (Å²) in [7, 11) is 0. The lowest BCUT2D eigenvalue weighted by Crippen LogP contribution is -2.43. The van der Waals surface area contributed by atoms with Crippen molar-refractivity contribution in [2.24, 2.45) is 0 Å². The molecule has 2 aromatic heterocycles. The Bertz CT molecular complexity index is 1850. The molecule has 3 aromatic carbocycles. The first-order chi connectivity index (χ1) is 20.0. The first-order valence-corrected chi connectivity index (χ1v) is 12.4. The van der Waals surface area contributed by atoms with Gasteiger partial charge in [0.1, 0.15) is 22.9 Å². The highest BCUT2D eigenvalue weighted by Crippen LogP contribution is 2.23. The average molecular weight is 588 g/mol. The summed E-state index contributed by atoms with van der Waals surface area (Å²) < 4.78 is 72.8. The minimum absolute atomic E-state index is 0.0379. The van der Waals surface area contributed by atoms with Gasteiger partial charge in [-0.25, -0.2) is 27.9 Å². The summed E-state index contributed by atoms with van der Waals surface area (Å²) in [6, 6.07) is 14.4. The van der Waals surface area contributed by atoms with Crippen molar-refractivity contribution < 1.29 is 26.7 Å². The van der Waals surface area contributed by atoms with Crippen molar-refractivity contribution in [2.75, 3.05) is 17.6 Å². The number of halogens is 5. The van der Waals surface area contributed by atoms with Crippen molar-refractivity contribution in [3.63, 3.8) is 0 Å². The first kappa shape index (κ1) is 28.3. The zero-order valence-electron chi connectivity index (χ0n) is 21.6. The van der Waals surface area contributed by atoms with E-state index in [0.29, 0.717) is 16.6 Å². The van der Waals surface area contributed by atoms with Crippen LogP contribution in [0.2, 0.25) is 0 Å². The van der Waals surface area contributed by atoms with Gasteiger partial charge in [-0.15, -0.1) is 13.2 Å². The number of fused-ring (bicyclic) bond motifs is 1. The van der Waals surface area contributed by atoms with Crippen LogP contribution in [-0.4, -0.2) is 36.6 Å². The number of nitrogens with zero attached hydrogens (tertiary/aromatic N) is 5. The van der Waals surface area contributed by atoms with Gasteiger partial charge in [0.15, 0.2) is 0 Å². The van der Waals surface area contributed by atoms with Gasteiger partial charge < -0.3 is 20.4 Å². The topological polar surface area (TPSA) is 122 Å². The summed E-state index contributed by atoms with van der Waals surface area (Å²) in [5.41, 5.74) is 5.68. The number of anilines is 2. The van der Waals surface area contributed by atoms with Crippen molar-refractivity contribution in [2.45, 2.75) is 26.0 Å². The lowest BCUT2D eigenvalue weighted by Gasteiger charge is -2.16. The number of para-hydroxylation sites is 1. The van der Waals surface area contributed by atoms with Crippen molar-refractivity contribution >= 4 is 22.9 Å². The van der Waals surface area contributed by atoms with Crippen molar-refractivity contribution in [3.8, 4) is 5.75 Å². The molecule has 5 rings (SSSR count). The third-order valence-corrected chi connectivity index (χ3v) is 6.27. The van der Waals surface area contributed by atoms with Crippen LogP contribution < -0.4 is 27.2 Å². The van der Waals surface area contributed by atoms with Crippen LogP contribution in [0, 0.1) is 11.6 Å². The van der Waals surface area contributed by atoms with E-state index < -0.39 is 35.1 Å². The molecule has 0 amide bonds. The average Bonchev–Trinajstić information content (AvgIpc) is 3.26. The quantitative estimate of drug-likeness (QED) is 0.252. The predicted molar refractivity (Wildman–Crippen MR) is 143 cm³/mol. The van der Waals surface area contributed by atoms with Crippen LogP contribution in [0.3, 0.4) is 0 Å². The van der Waals surface area contributed by atoms with E-state index in [9.17, 15) is 31.5 Å². The second kappa shape index (κ2) is 11.3. The van der Waals surface area contributed by atoms with Gasteiger partial charge in [0, 0.05) is 13.1 Å². The lowest BCUT2D eigenvalue weighted by atomic mass is 10.2. The molecule has 0 radical (unpaired) electrons. The molecular weight excluding hydrogens is 565 g/mol. The number of aromatic nitrogens is 5. The van der Waals surface area contributed by atoms with Crippen LogP contribution in [0.5, 0.6) is 5.75 Å². The standard InChI is InChI=1S/C27H22F5N7O3/c28-18-8-4-16(5-9-18)15-39-25(40)36-24(34-12-13-37-22-20(29)2-1-3-21(22)35-23(37)33)38(26(39)41)14-17-6-10-19(11-7-17)42-27(30,31)32/h1-11H,12-15H2,(H2,33,35)(H,34,36,40). The van der Waals surface area contributed by atoms with Gasteiger partial charge in [0.05, 0.1) is 18.6 Å². The molecule has 5 aromatic rings. The molecule has 0 atom stereocenters. The number of nitrogen functional groups attached to an aromatic ring is 1. The zero-order valence-corrected chi connectivity index (χ0v) is 21.6. The van der Waals surface area contributed by atoms with E-state index in [-0.39, 0.29) is 43.6 Å². The molecule has 0 aliphatic rings. The first-order valence-electron chi connectivity index (χ1n) is 12.4. The van der Waals surface area contributed by atoms with Gasteiger partial charge in [0.25, 0.3) is 0 Å². The van der Waals surface area contributed by atoms with E-state index in [1.54, 1.807) is 6.07 Å². The molecule has 0 saturated heterocycles. The highest BCUT2D eigenvalue weighted by atomic mass is 19.4. The molecule has 0 aliphatic heterocycles. The molecule has 42 heavy (non-hydrogen) atoms. The Labute approximate surface area is 233 Å². The maximum atomic E-state index is 14.5. The molecule has 3 N–H and O–H groups in total. The van der Waals surface area contributed by atoms with Gasteiger partial charge in [-0.1, -0.05) is 30.3 Å². The van der Waals surface area contributed by atoms with Crippen LogP contribution in [0.15, 0.2) is 76.3 Å². The Balaban J connectivity index is 1.46.